The third-order valence-corrected chi connectivity index (χ3v) is 4.36. The summed E-state index contributed by atoms with van der Waals surface area (Å²) >= 11 is 6.27. The summed E-state index contributed by atoms with van der Waals surface area (Å²) in [5, 5.41) is 6.06. The Hall–Kier alpha value is -2.40. The Morgan fingerprint density at radius 2 is 1.92 bits per heavy atom. The number of benzene rings is 2. The summed E-state index contributed by atoms with van der Waals surface area (Å²) in [6.45, 7) is 0. The molecule has 24 heavy (non-hydrogen) atoms. The maximum Gasteiger partial charge on any atom is 0.243 e. The van der Waals surface area contributed by atoms with Crippen LogP contribution in [0.2, 0.25) is 5.02 Å². The average Bonchev–Trinajstić information content (AvgIpc) is 3.01. The number of hydrogen-bond donors (Lipinski definition) is 2. The van der Waals surface area contributed by atoms with Crippen molar-refractivity contribution in [3.05, 3.63) is 70.5 Å². The highest BCUT2D eigenvalue weighted by molar-refractivity contribution is 6.31. The zero-order valence-electron chi connectivity index (χ0n) is 12.8. The molecule has 0 aliphatic carbocycles. The number of amides is 2. The molecule has 0 unspecified atom stereocenters. The van der Waals surface area contributed by atoms with Crippen LogP contribution in [0.1, 0.15) is 30.0 Å². The van der Waals surface area contributed by atoms with Gasteiger partial charge in [0.2, 0.25) is 11.8 Å². The zero-order chi connectivity index (χ0) is 17.1. The minimum atomic E-state index is -0.553. The predicted octanol–water partition coefficient (Wildman–Crippen LogP) is 2.96. The van der Waals surface area contributed by atoms with Crippen LogP contribution in [0, 0.1) is 5.82 Å². The highest BCUT2D eigenvalue weighted by Gasteiger charge is 2.29. The largest absolute Gasteiger partial charge is 0.344 e. The Bertz CT molecular complexity index is 764. The SMILES string of the molecule is O=C1CC[C@H](C(=O)N[C@@H](c2ccc(F)cc2)c2ccccc2Cl)N1. The lowest BCUT2D eigenvalue weighted by Crippen LogP contribution is -2.43. The molecule has 0 spiro atoms. The van der Waals surface area contributed by atoms with Gasteiger partial charge in [0.25, 0.3) is 0 Å². The number of nitrogens with one attached hydrogen (secondary N) is 2. The average molecular weight is 347 g/mol. The van der Waals surface area contributed by atoms with Gasteiger partial charge in [0.05, 0.1) is 6.04 Å². The van der Waals surface area contributed by atoms with Gasteiger partial charge in [0, 0.05) is 11.4 Å². The van der Waals surface area contributed by atoms with E-state index in [0.29, 0.717) is 29.0 Å². The summed E-state index contributed by atoms with van der Waals surface area (Å²) in [4.78, 5) is 23.8. The molecule has 2 N–H and O–H groups in total. The summed E-state index contributed by atoms with van der Waals surface area (Å²) in [7, 11) is 0. The molecule has 2 aromatic carbocycles. The summed E-state index contributed by atoms with van der Waals surface area (Å²) in [5.41, 5.74) is 1.42. The van der Waals surface area contributed by atoms with Gasteiger partial charge in [0.15, 0.2) is 0 Å². The van der Waals surface area contributed by atoms with Crippen molar-refractivity contribution in [3.63, 3.8) is 0 Å². The van der Waals surface area contributed by atoms with Gasteiger partial charge in [-0.1, -0.05) is 41.9 Å². The normalized spacial score (nSPS) is 18.1. The molecule has 0 radical (unpaired) electrons. The van der Waals surface area contributed by atoms with Crippen molar-refractivity contribution in [2.24, 2.45) is 0 Å². The minimum Gasteiger partial charge on any atom is -0.344 e. The molecule has 0 saturated carbocycles. The van der Waals surface area contributed by atoms with Crippen LogP contribution in [0.15, 0.2) is 48.5 Å². The lowest BCUT2D eigenvalue weighted by Gasteiger charge is -2.23. The Morgan fingerprint density at radius 1 is 1.21 bits per heavy atom. The van der Waals surface area contributed by atoms with Crippen molar-refractivity contribution >= 4 is 23.4 Å². The first kappa shape index (κ1) is 16.5. The monoisotopic (exact) mass is 346 g/mol. The third kappa shape index (κ3) is 3.57. The van der Waals surface area contributed by atoms with E-state index < -0.39 is 12.1 Å². The van der Waals surface area contributed by atoms with Crippen LogP contribution < -0.4 is 10.6 Å². The van der Waals surface area contributed by atoms with Gasteiger partial charge in [-0.15, -0.1) is 0 Å². The van der Waals surface area contributed by atoms with Gasteiger partial charge in [-0.2, -0.15) is 0 Å². The van der Waals surface area contributed by atoms with E-state index >= 15 is 0 Å². The summed E-state index contributed by atoms with van der Waals surface area (Å²) in [6, 6.07) is 12.0. The molecule has 2 aromatic rings. The van der Waals surface area contributed by atoms with Crippen LogP contribution in [0.5, 0.6) is 0 Å². The number of hydrogen-bond acceptors (Lipinski definition) is 2. The van der Waals surface area contributed by atoms with E-state index in [0.717, 1.165) is 0 Å². The summed E-state index contributed by atoms with van der Waals surface area (Å²) in [6.07, 6.45) is 0.800. The molecule has 3 rings (SSSR count). The highest BCUT2D eigenvalue weighted by Crippen LogP contribution is 2.28. The molecule has 4 nitrogen and oxygen atoms in total. The quantitative estimate of drug-likeness (QED) is 0.894. The molecular formula is C18H16ClFN2O2. The molecule has 6 heteroatoms. The fraction of sp³-hybridized carbons (Fsp3) is 0.222. The topological polar surface area (TPSA) is 58.2 Å². The van der Waals surface area contributed by atoms with Gasteiger partial charge in [-0.25, -0.2) is 4.39 Å². The molecule has 1 fully saturated rings. The van der Waals surface area contributed by atoms with Gasteiger partial charge in [-0.05, 0) is 35.7 Å². The summed E-state index contributed by atoms with van der Waals surface area (Å²) in [5.74, 6) is -0.771. The van der Waals surface area contributed by atoms with Crippen LogP contribution >= 0.6 is 11.6 Å². The lowest BCUT2D eigenvalue weighted by atomic mass is 9.98. The molecule has 1 saturated heterocycles. The Labute approximate surface area is 144 Å². The van der Waals surface area contributed by atoms with Crippen LogP contribution in [0.4, 0.5) is 4.39 Å². The molecule has 2 amide bonds. The molecule has 2 atom stereocenters. The van der Waals surface area contributed by atoms with Gasteiger partial charge < -0.3 is 10.6 Å². The van der Waals surface area contributed by atoms with Gasteiger partial charge in [0.1, 0.15) is 11.9 Å². The van der Waals surface area contributed by atoms with E-state index in [1.807, 2.05) is 12.1 Å². The number of halogens is 2. The Morgan fingerprint density at radius 3 is 2.54 bits per heavy atom. The van der Waals surface area contributed by atoms with Crippen molar-refractivity contribution in [1.82, 2.24) is 10.6 Å². The maximum atomic E-state index is 13.2. The van der Waals surface area contributed by atoms with E-state index in [1.54, 1.807) is 24.3 Å². The van der Waals surface area contributed by atoms with Crippen molar-refractivity contribution in [2.75, 3.05) is 0 Å². The minimum absolute atomic E-state index is 0.133. The predicted molar refractivity (Wildman–Crippen MR) is 89.0 cm³/mol. The van der Waals surface area contributed by atoms with Crippen molar-refractivity contribution in [2.45, 2.75) is 24.9 Å². The van der Waals surface area contributed by atoms with E-state index in [2.05, 4.69) is 10.6 Å². The van der Waals surface area contributed by atoms with E-state index in [9.17, 15) is 14.0 Å². The van der Waals surface area contributed by atoms with Crippen LogP contribution in [-0.2, 0) is 9.59 Å². The van der Waals surface area contributed by atoms with Gasteiger partial charge >= 0.3 is 0 Å². The van der Waals surface area contributed by atoms with Crippen molar-refractivity contribution in [3.8, 4) is 0 Å². The van der Waals surface area contributed by atoms with Crippen molar-refractivity contribution < 1.29 is 14.0 Å². The third-order valence-electron chi connectivity index (χ3n) is 4.02. The maximum absolute atomic E-state index is 13.2. The molecule has 1 aliphatic rings. The first-order valence-corrected chi connectivity index (χ1v) is 8.02. The highest BCUT2D eigenvalue weighted by atomic mass is 35.5. The van der Waals surface area contributed by atoms with Crippen LogP contribution in [0.3, 0.4) is 0 Å². The molecule has 1 aliphatic heterocycles. The lowest BCUT2D eigenvalue weighted by molar-refractivity contribution is -0.126. The number of carbonyl (C=O) groups is 2. The van der Waals surface area contributed by atoms with E-state index in [-0.39, 0.29) is 17.6 Å². The smallest absolute Gasteiger partial charge is 0.243 e. The van der Waals surface area contributed by atoms with Crippen LogP contribution in [-0.4, -0.2) is 17.9 Å². The second kappa shape index (κ2) is 7.01. The molecular weight excluding hydrogens is 331 g/mol. The fourth-order valence-electron chi connectivity index (χ4n) is 2.76. The summed E-state index contributed by atoms with van der Waals surface area (Å²) < 4.78 is 13.2. The van der Waals surface area contributed by atoms with Gasteiger partial charge in [-0.3, -0.25) is 9.59 Å². The molecule has 0 bridgehead atoms. The van der Waals surface area contributed by atoms with Crippen molar-refractivity contribution in [1.29, 1.82) is 0 Å². The standard InChI is InChI=1S/C18H16ClFN2O2/c19-14-4-2-1-3-13(14)17(11-5-7-12(20)8-6-11)22-18(24)15-9-10-16(23)21-15/h1-8,15,17H,9-10H2,(H,21,23)(H,22,24)/t15-,17+/m1/s1. The molecule has 124 valence electrons. The number of rotatable bonds is 4. The zero-order valence-corrected chi connectivity index (χ0v) is 13.5. The first-order valence-electron chi connectivity index (χ1n) is 7.64. The van der Waals surface area contributed by atoms with E-state index in [4.69, 9.17) is 11.6 Å². The second-order valence-electron chi connectivity index (χ2n) is 5.67. The Balaban J connectivity index is 1.90. The molecule has 1 heterocycles. The molecule has 0 aromatic heterocycles. The number of carbonyl (C=O) groups excluding carboxylic acids is 2. The van der Waals surface area contributed by atoms with E-state index in [1.165, 1.54) is 12.1 Å². The second-order valence-corrected chi connectivity index (χ2v) is 6.08. The fourth-order valence-corrected chi connectivity index (χ4v) is 3.00. The first-order chi connectivity index (χ1) is 11.5. The Kier molecular flexibility index (Phi) is 4.81. The van der Waals surface area contributed by atoms with Crippen LogP contribution in [0.25, 0.3) is 0 Å².